The molecule has 1 rings (SSSR count). The van der Waals surface area contributed by atoms with Gasteiger partial charge in [0.15, 0.2) is 0 Å². The van der Waals surface area contributed by atoms with Gasteiger partial charge in [0, 0.05) is 0 Å². The van der Waals surface area contributed by atoms with Gasteiger partial charge in [-0.3, -0.25) is 0 Å². The van der Waals surface area contributed by atoms with Crippen LogP contribution in [0.2, 0.25) is 0 Å². The normalized spacial score (nSPS) is 18.9. The second kappa shape index (κ2) is 3.11. The molecule has 0 aromatic heterocycles. The van der Waals surface area contributed by atoms with Crippen molar-refractivity contribution in [1.29, 1.82) is 0 Å². The van der Waals surface area contributed by atoms with Gasteiger partial charge in [0.05, 0.1) is 0 Å². The second-order valence-electron chi connectivity index (χ2n) is 2.25. The summed E-state index contributed by atoms with van der Waals surface area (Å²) in [6.45, 7) is 2.18. The van der Waals surface area contributed by atoms with E-state index in [-0.39, 0.29) is 0 Å². The van der Waals surface area contributed by atoms with E-state index >= 15 is 0 Å². The molecule has 0 aromatic rings. The summed E-state index contributed by atoms with van der Waals surface area (Å²) >= 11 is 1.88. The van der Waals surface area contributed by atoms with E-state index in [2.05, 4.69) is 25.3 Å². The highest BCUT2D eigenvalue weighted by Gasteiger charge is 2.01. The van der Waals surface area contributed by atoms with Gasteiger partial charge in [-0.25, -0.2) is 0 Å². The molecule has 0 N–H and O–H groups in total. The Kier molecular flexibility index (Phi) is 2.40. The topological polar surface area (TPSA) is 0 Å². The lowest BCUT2D eigenvalue weighted by Crippen LogP contribution is -1.86. The van der Waals surface area contributed by atoms with Gasteiger partial charge in [-0.2, -0.15) is 0 Å². The Hall–Kier alpha value is -0.170. The standard InChI is InChI=1S/C8H12S/c1-7-5-3-4-6-8(7)9-2/h3,5H,4,6H2,1-2H3. The first-order chi connectivity index (χ1) is 4.34. The molecule has 0 saturated heterocycles. The molecule has 0 atom stereocenters. The lowest BCUT2D eigenvalue weighted by atomic mass is 10.1. The number of hydrogen-bond donors (Lipinski definition) is 0. The lowest BCUT2D eigenvalue weighted by Gasteiger charge is -2.09. The molecule has 0 amide bonds. The molecular weight excluding hydrogens is 128 g/mol. The third-order valence-corrected chi connectivity index (χ3v) is 2.61. The van der Waals surface area contributed by atoms with Crippen molar-refractivity contribution in [3.63, 3.8) is 0 Å². The fourth-order valence-electron chi connectivity index (χ4n) is 1.03. The van der Waals surface area contributed by atoms with Crippen molar-refractivity contribution in [2.45, 2.75) is 19.8 Å². The molecule has 1 aliphatic carbocycles. The molecular formula is C8H12S. The van der Waals surface area contributed by atoms with Crippen LogP contribution < -0.4 is 0 Å². The zero-order valence-corrected chi connectivity index (χ0v) is 6.79. The third-order valence-electron chi connectivity index (χ3n) is 1.59. The molecule has 0 heterocycles. The highest BCUT2D eigenvalue weighted by molar-refractivity contribution is 8.02. The van der Waals surface area contributed by atoms with Gasteiger partial charge in [-0.15, -0.1) is 11.8 Å². The molecule has 0 radical (unpaired) electrons. The van der Waals surface area contributed by atoms with E-state index in [4.69, 9.17) is 0 Å². The molecule has 0 aromatic carbocycles. The number of thioether (sulfide) groups is 1. The Morgan fingerprint density at radius 3 is 2.78 bits per heavy atom. The van der Waals surface area contributed by atoms with Crippen LogP contribution in [-0.2, 0) is 0 Å². The van der Waals surface area contributed by atoms with E-state index in [0.29, 0.717) is 0 Å². The minimum absolute atomic E-state index is 1.23. The van der Waals surface area contributed by atoms with Crippen LogP contribution in [0.4, 0.5) is 0 Å². The summed E-state index contributed by atoms with van der Waals surface area (Å²) in [5.41, 5.74) is 1.45. The number of allylic oxidation sites excluding steroid dienone is 4. The van der Waals surface area contributed by atoms with E-state index in [1.165, 1.54) is 18.4 Å². The fourth-order valence-corrected chi connectivity index (χ4v) is 1.74. The van der Waals surface area contributed by atoms with Crippen LogP contribution in [0.1, 0.15) is 19.8 Å². The van der Waals surface area contributed by atoms with Crippen LogP contribution in [0.5, 0.6) is 0 Å². The van der Waals surface area contributed by atoms with Crippen molar-refractivity contribution in [3.8, 4) is 0 Å². The average Bonchev–Trinajstić information content (AvgIpc) is 1.89. The van der Waals surface area contributed by atoms with Crippen LogP contribution in [-0.4, -0.2) is 6.26 Å². The maximum absolute atomic E-state index is 2.25. The van der Waals surface area contributed by atoms with Crippen molar-refractivity contribution in [1.82, 2.24) is 0 Å². The molecule has 50 valence electrons. The first-order valence-electron chi connectivity index (χ1n) is 3.25. The highest BCUT2D eigenvalue weighted by Crippen LogP contribution is 2.26. The molecule has 0 fully saturated rings. The summed E-state index contributed by atoms with van der Waals surface area (Å²) in [6, 6.07) is 0. The van der Waals surface area contributed by atoms with Gasteiger partial charge in [0.2, 0.25) is 0 Å². The van der Waals surface area contributed by atoms with Crippen LogP contribution in [0.15, 0.2) is 22.6 Å². The van der Waals surface area contributed by atoms with Crippen molar-refractivity contribution in [2.24, 2.45) is 0 Å². The Morgan fingerprint density at radius 2 is 2.33 bits per heavy atom. The minimum Gasteiger partial charge on any atom is -0.134 e. The minimum atomic E-state index is 1.23. The van der Waals surface area contributed by atoms with Gasteiger partial charge in [0.1, 0.15) is 0 Å². The lowest BCUT2D eigenvalue weighted by molar-refractivity contribution is 1.00. The third kappa shape index (κ3) is 1.62. The highest BCUT2D eigenvalue weighted by atomic mass is 32.2. The summed E-state index contributed by atoms with van der Waals surface area (Å²) in [5, 5.41) is 0. The average molecular weight is 140 g/mol. The van der Waals surface area contributed by atoms with Gasteiger partial charge >= 0.3 is 0 Å². The molecule has 0 aliphatic heterocycles. The zero-order valence-electron chi connectivity index (χ0n) is 5.98. The van der Waals surface area contributed by atoms with Gasteiger partial charge < -0.3 is 0 Å². The van der Waals surface area contributed by atoms with E-state index < -0.39 is 0 Å². The molecule has 0 nitrogen and oxygen atoms in total. The van der Waals surface area contributed by atoms with Crippen molar-refractivity contribution in [2.75, 3.05) is 6.26 Å². The smallest absolute Gasteiger partial charge is 0.0123 e. The monoisotopic (exact) mass is 140 g/mol. The molecule has 9 heavy (non-hydrogen) atoms. The van der Waals surface area contributed by atoms with Crippen LogP contribution in [0, 0.1) is 0 Å². The summed E-state index contributed by atoms with van der Waals surface area (Å²) in [4.78, 5) is 1.55. The Morgan fingerprint density at radius 1 is 1.56 bits per heavy atom. The predicted octanol–water partition coefficient (Wildman–Crippen LogP) is 2.97. The summed E-state index contributed by atoms with van der Waals surface area (Å²) < 4.78 is 0. The molecule has 0 unspecified atom stereocenters. The molecule has 0 saturated carbocycles. The van der Waals surface area contributed by atoms with E-state index in [1.54, 1.807) is 4.91 Å². The van der Waals surface area contributed by atoms with Crippen LogP contribution in [0.3, 0.4) is 0 Å². The maximum Gasteiger partial charge on any atom is -0.0123 e. The van der Waals surface area contributed by atoms with Crippen molar-refractivity contribution in [3.05, 3.63) is 22.6 Å². The first-order valence-corrected chi connectivity index (χ1v) is 4.47. The van der Waals surface area contributed by atoms with E-state index in [1.807, 2.05) is 11.8 Å². The van der Waals surface area contributed by atoms with Crippen molar-refractivity contribution < 1.29 is 0 Å². The fraction of sp³-hybridized carbons (Fsp3) is 0.500. The Labute approximate surface area is 61.0 Å². The van der Waals surface area contributed by atoms with E-state index in [9.17, 15) is 0 Å². The van der Waals surface area contributed by atoms with Crippen molar-refractivity contribution >= 4 is 11.8 Å². The van der Waals surface area contributed by atoms with Gasteiger partial charge in [0.25, 0.3) is 0 Å². The Balaban J connectivity index is 2.72. The quantitative estimate of drug-likeness (QED) is 0.539. The predicted molar refractivity (Wildman–Crippen MR) is 44.6 cm³/mol. The molecule has 0 bridgehead atoms. The summed E-state index contributed by atoms with van der Waals surface area (Å²) in [7, 11) is 0. The number of rotatable bonds is 1. The first kappa shape index (κ1) is 6.94. The van der Waals surface area contributed by atoms with Crippen LogP contribution >= 0.6 is 11.8 Å². The van der Waals surface area contributed by atoms with Crippen LogP contribution in [0.25, 0.3) is 0 Å². The van der Waals surface area contributed by atoms with Gasteiger partial charge in [-0.05, 0) is 36.5 Å². The SMILES string of the molecule is CSC1=C(C)C=CCC1. The summed E-state index contributed by atoms with van der Waals surface area (Å²) in [5.74, 6) is 0. The largest absolute Gasteiger partial charge is 0.134 e. The zero-order chi connectivity index (χ0) is 6.69. The van der Waals surface area contributed by atoms with Gasteiger partial charge in [-0.1, -0.05) is 12.2 Å². The maximum atomic E-state index is 2.25. The molecule has 1 aliphatic rings. The molecule has 1 heteroatoms. The summed E-state index contributed by atoms with van der Waals surface area (Å²) in [6.07, 6.45) is 9.10. The second-order valence-corrected chi connectivity index (χ2v) is 3.15. The van der Waals surface area contributed by atoms with E-state index in [0.717, 1.165) is 0 Å². The Bertz CT molecular complexity index is 154. The number of hydrogen-bond acceptors (Lipinski definition) is 1. The molecule has 0 spiro atoms.